The van der Waals surface area contributed by atoms with Gasteiger partial charge in [-0.3, -0.25) is 0 Å². The molecule has 0 saturated carbocycles. The van der Waals surface area contributed by atoms with Gasteiger partial charge in [-0.1, -0.05) is 6.92 Å². The Morgan fingerprint density at radius 1 is 1.47 bits per heavy atom. The molecule has 0 bridgehead atoms. The summed E-state index contributed by atoms with van der Waals surface area (Å²) in [5.74, 6) is 0.699. The van der Waals surface area contributed by atoms with Gasteiger partial charge in [0.15, 0.2) is 0 Å². The van der Waals surface area contributed by atoms with Crippen molar-refractivity contribution in [2.45, 2.75) is 45.3 Å². The summed E-state index contributed by atoms with van der Waals surface area (Å²) in [4.78, 5) is 4.25. The van der Waals surface area contributed by atoms with Crippen molar-refractivity contribution < 1.29 is 9.47 Å². The van der Waals surface area contributed by atoms with E-state index in [0.29, 0.717) is 12.5 Å². The monoisotopic (exact) mass is 264 g/mol. The SMILES string of the molecule is CCCNCc1ccnc(OCC2CCCCO2)c1. The molecule has 0 aliphatic carbocycles. The fourth-order valence-corrected chi connectivity index (χ4v) is 2.17. The third kappa shape index (κ3) is 5.17. The summed E-state index contributed by atoms with van der Waals surface area (Å²) in [6, 6.07) is 4.03. The van der Waals surface area contributed by atoms with Crippen LogP contribution in [0.5, 0.6) is 5.88 Å². The molecule has 19 heavy (non-hydrogen) atoms. The highest BCUT2D eigenvalue weighted by molar-refractivity contribution is 5.20. The summed E-state index contributed by atoms with van der Waals surface area (Å²) in [6.45, 7) is 5.54. The number of nitrogens with zero attached hydrogens (tertiary/aromatic N) is 1. The Hall–Kier alpha value is -1.13. The predicted octanol–water partition coefficient (Wildman–Crippen LogP) is 2.53. The van der Waals surface area contributed by atoms with Crippen LogP contribution >= 0.6 is 0 Å². The minimum atomic E-state index is 0.234. The van der Waals surface area contributed by atoms with E-state index in [1.165, 1.54) is 18.4 Å². The van der Waals surface area contributed by atoms with Crippen molar-refractivity contribution in [3.63, 3.8) is 0 Å². The van der Waals surface area contributed by atoms with Gasteiger partial charge in [0.1, 0.15) is 6.61 Å². The Labute approximate surface area is 115 Å². The molecular weight excluding hydrogens is 240 g/mol. The van der Waals surface area contributed by atoms with Crippen LogP contribution in [-0.2, 0) is 11.3 Å². The molecule has 0 radical (unpaired) electrons. The fourth-order valence-electron chi connectivity index (χ4n) is 2.17. The molecule has 0 spiro atoms. The normalized spacial score (nSPS) is 19.3. The second kappa shape index (κ2) is 8.12. The average molecular weight is 264 g/mol. The van der Waals surface area contributed by atoms with E-state index in [1.54, 1.807) is 6.20 Å². The van der Waals surface area contributed by atoms with Crippen LogP contribution in [0.4, 0.5) is 0 Å². The van der Waals surface area contributed by atoms with Gasteiger partial charge >= 0.3 is 0 Å². The maximum absolute atomic E-state index is 5.73. The van der Waals surface area contributed by atoms with Crippen LogP contribution in [0, 0.1) is 0 Å². The van der Waals surface area contributed by atoms with Crippen molar-refractivity contribution in [2.75, 3.05) is 19.8 Å². The first kappa shape index (κ1) is 14.3. The maximum Gasteiger partial charge on any atom is 0.213 e. The molecule has 1 aliphatic heterocycles. The largest absolute Gasteiger partial charge is 0.475 e. The first-order valence-electron chi connectivity index (χ1n) is 7.28. The van der Waals surface area contributed by atoms with Gasteiger partial charge in [-0.05, 0) is 43.9 Å². The molecule has 1 unspecified atom stereocenters. The first-order chi connectivity index (χ1) is 9.38. The first-order valence-corrected chi connectivity index (χ1v) is 7.28. The van der Waals surface area contributed by atoms with Crippen molar-refractivity contribution in [2.24, 2.45) is 0 Å². The van der Waals surface area contributed by atoms with Crippen LogP contribution in [0.15, 0.2) is 18.3 Å². The number of rotatable bonds is 7. The van der Waals surface area contributed by atoms with Gasteiger partial charge in [-0.15, -0.1) is 0 Å². The van der Waals surface area contributed by atoms with E-state index in [1.807, 2.05) is 12.1 Å². The van der Waals surface area contributed by atoms with Crippen LogP contribution in [0.3, 0.4) is 0 Å². The Kier molecular flexibility index (Phi) is 6.11. The number of hydrogen-bond acceptors (Lipinski definition) is 4. The summed E-state index contributed by atoms with van der Waals surface area (Å²) in [7, 11) is 0. The molecule has 1 aromatic heterocycles. The van der Waals surface area contributed by atoms with Gasteiger partial charge in [0.2, 0.25) is 5.88 Å². The van der Waals surface area contributed by atoms with Crippen LogP contribution in [0.25, 0.3) is 0 Å². The minimum absolute atomic E-state index is 0.234. The topological polar surface area (TPSA) is 43.4 Å². The molecular formula is C15H24N2O2. The lowest BCUT2D eigenvalue weighted by molar-refractivity contribution is -0.0119. The van der Waals surface area contributed by atoms with Crippen LogP contribution < -0.4 is 10.1 Å². The summed E-state index contributed by atoms with van der Waals surface area (Å²) in [5, 5.41) is 3.38. The summed E-state index contributed by atoms with van der Waals surface area (Å²) < 4.78 is 11.4. The molecule has 4 heteroatoms. The molecule has 1 aromatic rings. The second-order valence-electron chi connectivity index (χ2n) is 4.98. The van der Waals surface area contributed by atoms with Crippen LogP contribution in [0.1, 0.15) is 38.2 Å². The highest BCUT2D eigenvalue weighted by atomic mass is 16.5. The molecule has 1 aliphatic rings. The lowest BCUT2D eigenvalue weighted by Gasteiger charge is -2.22. The lowest BCUT2D eigenvalue weighted by atomic mass is 10.1. The summed E-state index contributed by atoms with van der Waals surface area (Å²) in [6.07, 6.45) is 6.69. The van der Waals surface area contributed by atoms with E-state index in [9.17, 15) is 0 Å². The van der Waals surface area contributed by atoms with Crippen LogP contribution in [0.2, 0.25) is 0 Å². The Bertz CT molecular complexity index is 365. The van der Waals surface area contributed by atoms with E-state index in [0.717, 1.165) is 32.5 Å². The summed E-state index contributed by atoms with van der Waals surface area (Å²) in [5.41, 5.74) is 1.21. The molecule has 2 heterocycles. The van der Waals surface area contributed by atoms with Crippen molar-refractivity contribution >= 4 is 0 Å². The Morgan fingerprint density at radius 3 is 3.21 bits per heavy atom. The zero-order valence-corrected chi connectivity index (χ0v) is 11.7. The molecule has 1 N–H and O–H groups in total. The molecule has 0 aromatic carbocycles. The van der Waals surface area contributed by atoms with E-state index >= 15 is 0 Å². The van der Waals surface area contributed by atoms with Gasteiger partial charge in [-0.25, -0.2) is 4.98 Å². The molecule has 1 fully saturated rings. The third-order valence-electron chi connectivity index (χ3n) is 3.25. The van der Waals surface area contributed by atoms with E-state index in [-0.39, 0.29) is 6.10 Å². The van der Waals surface area contributed by atoms with Crippen LogP contribution in [-0.4, -0.2) is 30.8 Å². The summed E-state index contributed by atoms with van der Waals surface area (Å²) >= 11 is 0. The van der Waals surface area contributed by atoms with Crippen molar-refractivity contribution in [1.82, 2.24) is 10.3 Å². The Morgan fingerprint density at radius 2 is 2.42 bits per heavy atom. The van der Waals surface area contributed by atoms with Gasteiger partial charge in [0, 0.05) is 25.4 Å². The standard InChI is InChI=1S/C15H24N2O2/c1-2-7-16-11-13-6-8-17-15(10-13)19-12-14-5-3-4-9-18-14/h6,8,10,14,16H,2-5,7,9,11-12H2,1H3. The second-order valence-corrected chi connectivity index (χ2v) is 4.98. The predicted molar refractivity (Wildman–Crippen MR) is 75.3 cm³/mol. The van der Waals surface area contributed by atoms with Crippen molar-refractivity contribution in [3.05, 3.63) is 23.9 Å². The number of ether oxygens (including phenoxy) is 2. The van der Waals surface area contributed by atoms with Gasteiger partial charge < -0.3 is 14.8 Å². The quantitative estimate of drug-likeness (QED) is 0.769. The number of hydrogen-bond donors (Lipinski definition) is 1. The van der Waals surface area contributed by atoms with Gasteiger partial charge in [0.25, 0.3) is 0 Å². The number of aromatic nitrogens is 1. The molecule has 4 nitrogen and oxygen atoms in total. The smallest absolute Gasteiger partial charge is 0.213 e. The highest BCUT2D eigenvalue weighted by Gasteiger charge is 2.14. The number of pyridine rings is 1. The van der Waals surface area contributed by atoms with Gasteiger partial charge in [-0.2, -0.15) is 0 Å². The lowest BCUT2D eigenvalue weighted by Crippen LogP contribution is -2.26. The molecule has 2 rings (SSSR count). The third-order valence-corrected chi connectivity index (χ3v) is 3.25. The van der Waals surface area contributed by atoms with Crippen molar-refractivity contribution in [3.8, 4) is 5.88 Å². The Balaban J connectivity index is 1.77. The van der Waals surface area contributed by atoms with Crippen molar-refractivity contribution in [1.29, 1.82) is 0 Å². The zero-order valence-electron chi connectivity index (χ0n) is 11.7. The molecule has 0 amide bonds. The highest BCUT2D eigenvalue weighted by Crippen LogP contribution is 2.15. The molecule has 1 atom stereocenters. The van der Waals surface area contributed by atoms with E-state index in [4.69, 9.17) is 9.47 Å². The number of nitrogens with one attached hydrogen (secondary N) is 1. The minimum Gasteiger partial charge on any atom is -0.475 e. The van der Waals surface area contributed by atoms with E-state index < -0.39 is 0 Å². The average Bonchev–Trinajstić information content (AvgIpc) is 2.47. The zero-order chi connectivity index (χ0) is 13.3. The van der Waals surface area contributed by atoms with Gasteiger partial charge in [0.05, 0.1) is 6.10 Å². The fraction of sp³-hybridized carbons (Fsp3) is 0.667. The maximum atomic E-state index is 5.73. The van der Waals surface area contributed by atoms with E-state index in [2.05, 4.69) is 17.2 Å². The molecule has 106 valence electrons. The molecule has 1 saturated heterocycles.